The first-order valence-corrected chi connectivity index (χ1v) is 3.39. The predicted octanol–water partition coefficient (Wildman–Crippen LogP) is 1.60. The van der Waals surface area contributed by atoms with Crippen molar-refractivity contribution >= 4 is 5.69 Å². The Bertz CT molecular complexity index is 282. The van der Waals surface area contributed by atoms with Crippen LogP contribution in [0.25, 0.3) is 0 Å². The lowest BCUT2D eigenvalue weighted by molar-refractivity contribution is -0.0665. The summed E-state index contributed by atoms with van der Waals surface area (Å²) in [4.78, 5) is 3.58. The molecule has 6 heteroatoms. The highest BCUT2D eigenvalue weighted by atomic mass is 19.3. The lowest BCUT2D eigenvalue weighted by Gasteiger charge is -2.11. The summed E-state index contributed by atoms with van der Waals surface area (Å²) in [6.45, 7) is 0. The minimum absolute atomic E-state index is 0.0193. The second-order valence-corrected chi connectivity index (χ2v) is 2.22. The predicted molar refractivity (Wildman–Crippen MR) is 40.2 cm³/mol. The van der Waals surface area contributed by atoms with E-state index in [0.717, 1.165) is 0 Å². The molecule has 1 heterocycles. The Hall–Kier alpha value is -1.46. The molecule has 0 bridgehead atoms. The van der Waals surface area contributed by atoms with Gasteiger partial charge in [0.25, 0.3) is 6.36 Å². The summed E-state index contributed by atoms with van der Waals surface area (Å²) in [7, 11) is 0. The molecule has 0 saturated carbocycles. The number of halogens is 3. The Morgan fingerprint density at radius 1 is 1.38 bits per heavy atom. The van der Waals surface area contributed by atoms with Gasteiger partial charge in [-0.05, 0) is 0 Å². The zero-order chi connectivity index (χ0) is 9.84. The van der Waals surface area contributed by atoms with E-state index in [1.807, 2.05) is 0 Å². The maximum absolute atomic E-state index is 12.3. The van der Waals surface area contributed by atoms with Gasteiger partial charge in [0.1, 0.15) is 5.75 Å². The number of aromatic nitrogens is 1. The van der Waals surface area contributed by atoms with Crippen molar-refractivity contribution in [3.63, 3.8) is 0 Å². The van der Waals surface area contributed by atoms with E-state index >= 15 is 0 Å². The molecular formula is C7H7F3N2O. The lowest BCUT2D eigenvalue weighted by atomic mass is 10.4. The van der Waals surface area contributed by atoms with Crippen molar-refractivity contribution < 1.29 is 17.9 Å². The normalized spacial score (nSPS) is 12.9. The fourth-order valence-electron chi connectivity index (χ4n) is 0.674. The summed E-state index contributed by atoms with van der Waals surface area (Å²) in [5, 5.41) is 0. The summed E-state index contributed by atoms with van der Waals surface area (Å²) in [6, 6.07) is 1.21. The third kappa shape index (κ3) is 2.50. The average Bonchev–Trinajstić information content (AvgIpc) is 2.08. The number of anilines is 1. The lowest BCUT2D eigenvalue weighted by Crippen LogP contribution is -2.20. The van der Waals surface area contributed by atoms with Gasteiger partial charge in [0, 0.05) is 12.3 Å². The number of pyridine rings is 1. The molecule has 1 aromatic rings. The minimum Gasteiger partial charge on any atom is -0.452 e. The van der Waals surface area contributed by atoms with Gasteiger partial charge in [-0.3, -0.25) is 4.98 Å². The molecule has 1 aromatic heterocycles. The second kappa shape index (κ2) is 3.97. The van der Waals surface area contributed by atoms with Crippen LogP contribution in [-0.2, 0) is 0 Å². The van der Waals surface area contributed by atoms with Crippen LogP contribution < -0.4 is 10.5 Å². The first-order chi connectivity index (χ1) is 6.11. The maximum Gasteiger partial charge on any atom is 0.304 e. The Morgan fingerprint density at radius 3 is 2.62 bits per heavy atom. The number of hydrogen-bond donors (Lipinski definition) is 1. The van der Waals surface area contributed by atoms with Crippen LogP contribution in [0.15, 0.2) is 18.5 Å². The molecule has 0 amide bonds. The van der Waals surface area contributed by atoms with E-state index in [9.17, 15) is 13.2 Å². The molecule has 1 rings (SSSR count). The van der Waals surface area contributed by atoms with Gasteiger partial charge in [0.2, 0.25) is 0 Å². The topological polar surface area (TPSA) is 48.1 Å². The van der Waals surface area contributed by atoms with Crippen LogP contribution in [0.1, 0.15) is 0 Å². The molecule has 72 valence electrons. The van der Waals surface area contributed by atoms with Crippen LogP contribution in [0.5, 0.6) is 5.75 Å². The van der Waals surface area contributed by atoms with E-state index in [2.05, 4.69) is 9.72 Å². The van der Waals surface area contributed by atoms with E-state index in [0.29, 0.717) is 0 Å². The number of ether oxygens (including phenoxy) is 1. The third-order valence-corrected chi connectivity index (χ3v) is 1.25. The van der Waals surface area contributed by atoms with Crippen LogP contribution in [0.2, 0.25) is 0 Å². The zero-order valence-corrected chi connectivity index (χ0v) is 6.45. The van der Waals surface area contributed by atoms with Gasteiger partial charge in [-0.15, -0.1) is 0 Å². The number of rotatable bonds is 3. The Balaban J connectivity index is 2.69. The fourth-order valence-corrected chi connectivity index (χ4v) is 0.674. The highest BCUT2D eigenvalue weighted by Crippen LogP contribution is 2.21. The molecule has 0 aromatic carbocycles. The molecule has 0 fully saturated rings. The van der Waals surface area contributed by atoms with E-state index in [1.54, 1.807) is 0 Å². The van der Waals surface area contributed by atoms with E-state index < -0.39 is 12.8 Å². The molecule has 0 aliphatic rings. The van der Waals surface area contributed by atoms with Gasteiger partial charge in [0.05, 0.1) is 11.9 Å². The summed E-state index contributed by atoms with van der Waals surface area (Å²) >= 11 is 0. The summed E-state index contributed by atoms with van der Waals surface area (Å²) < 4.78 is 39.9. The van der Waals surface area contributed by atoms with Crippen LogP contribution in [-0.4, -0.2) is 17.8 Å². The van der Waals surface area contributed by atoms with Gasteiger partial charge >= 0.3 is 6.43 Å². The number of nitrogens with two attached hydrogens (primary N) is 1. The van der Waals surface area contributed by atoms with Gasteiger partial charge in [-0.1, -0.05) is 0 Å². The van der Waals surface area contributed by atoms with Gasteiger partial charge < -0.3 is 10.5 Å². The van der Waals surface area contributed by atoms with Crippen molar-refractivity contribution in [3.8, 4) is 5.75 Å². The van der Waals surface area contributed by atoms with Crippen LogP contribution in [0.4, 0.5) is 18.9 Å². The van der Waals surface area contributed by atoms with Gasteiger partial charge in [-0.2, -0.15) is 4.39 Å². The first-order valence-electron chi connectivity index (χ1n) is 3.39. The third-order valence-electron chi connectivity index (χ3n) is 1.25. The standard InChI is InChI=1S/C7H7F3N2O/c8-6(9)7(10)13-5-1-2-12-3-4(5)11/h1-3,6-7H,11H2. The van der Waals surface area contributed by atoms with Crippen LogP contribution in [0.3, 0.4) is 0 Å². The van der Waals surface area contributed by atoms with E-state index in [1.165, 1.54) is 18.5 Å². The van der Waals surface area contributed by atoms with Gasteiger partial charge in [-0.25, -0.2) is 8.78 Å². The summed E-state index contributed by atoms with van der Waals surface area (Å²) in [5.41, 5.74) is 5.29. The number of nitrogens with zero attached hydrogens (tertiary/aromatic N) is 1. The Morgan fingerprint density at radius 2 is 2.08 bits per heavy atom. The SMILES string of the molecule is Nc1cnccc1OC(F)C(F)F. The molecular weight excluding hydrogens is 185 g/mol. The number of alkyl halides is 3. The summed E-state index contributed by atoms with van der Waals surface area (Å²) in [5.74, 6) is -0.136. The minimum atomic E-state index is -3.19. The molecule has 3 nitrogen and oxygen atoms in total. The molecule has 13 heavy (non-hydrogen) atoms. The van der Waals surface area contributed by atoms with Crippen molar-refractivity contribution in [2.24, 2.45) is 0 Å². The van der Waals surface area contributed by atoms with Crippen molar-refractivity contribution in [2.45, 2.75) is 12.8 Å². The zero-order valence-electron chi connectivity index (χ0n) is 6.45. The van der Waals surface area contributed by atoms with Crippen LogP contribution in [0, 0.1) is 0 Å². The smallest absolute Gasteiger partial charge is 0.304 e. The first kappa shape index (κ1) is 9.63. The molecule has 0 spiro atoms. The molecule has 1 unspecified atom stereocenters. The number of nitrogen functional groups attached to an aromatic ring is 1. The van der Waals surface area contributed by atoms with Crippen LogP contribution >= 0.6 is 0 Å². The number of hydrogen-bond acceptors (Lipinski definition) is 3. The molecule has 0 aliphatic heterocycles. The average molecular weight is 192 g/mol. The molecule has 2 N–H and O–H groups in total. The maximum atomic E-state index is 12.3. The molecule has 0 radical (unpaired) electrons. The fraction of sp³-hybridized carbons (Fsp3) is 0.286. The van der Waals surface area contributed by atoms with Crippen molar-refractivity contribution in [1.29, 1.82) is 0 Å². The van der Waals surface area contributed by atoms with Crippen molar-refractivity contribution in [1.82, 2.24) is 4.98 Å². The van der Waals surface area contributed by atoms with E-state index in [-0.39, 0.29) is 11.4 Å². The van der Waals surface area contributed by atoms with Crippen molar-refractivity contribution in [3.05, 3.63) is 18.5 Å². The molecule has 0 saturated heterocycles. The molecule has 0 aliphatic carbocycles. The van der Waals surface area contributed by atoms with Crippen molar-refractivity contribution in [2.75, 3.05) is 5.73 Å². The molecule has 1 atom stereocenters. The summed E-state index contributed by atoms with van der Waals surface area (Å²) in [6.07, 6.45) is -3.39. The highest BCUT2D eigenvalue weighted by molar-refractivity contribution is 5.49. The monoisotopic (exact) mass is 192 g/mol. The Kier molecular flexibility index (Phi) is 2.94. The van der Waals surface area contributed by atoms with Gasteiger partial charge in [0.15, 0.2) is 0 Å². The second-order valence-electron chi connectivity index (χ2n) is 2.22. The Labute approximate surface area is 72.3 Å². The van der Waals surface area contributed by atoms with E-state index in [4.69, 9.17) is 5.73 Å². The largest absolute Gasteiger partial charge is 0.452 e. The highest BCUT2D eigenvalue weighted by Gasteiger charge is 2.21. The quantitative estimate of drug-likeness (QED) is 0.791.